The van der Waals surface area contributed by atoms with E-state index in [1.165, 1.54) is 23.3 Å². The highest BCUT2D eigenvalue weighted by molar-refractivity contribution is 7.10. The molecule has 1 fully saturated rings. The Balaban J connectivity index is 1.62. The van der Waals surface area contributed by atoms with Gasteiger partial charge in [0.05, 0.1) is 0 Å². The third-order valence-electron chi connectivity index (χ3n) is 4.13. The SMILES string of the molecule is C[C@@H](c1cccs1)N(C)Cc1cnc(N2CCCC2)nc1. The van der Waals surface area contributed by atoms with Crippen LogP contribution in [0.3, 0.4) is 0 Å². The monoisotopic (exact) mass is 302 g/mol. The molecule has 1 aliphatic rings. The van der Waals surface area contributed by atoms with Gasteiger partial charge in [-0.1, -0.05) is 6.07 Å². The van der Waals surface area contributed by atoms with Crippen LogP contribution >= 0.6 is 11.3 Å². The summed E-state index contributed by atoms with van der Waals surface area (Å²) in [5.74, 6) is 0.880. The molecule has 2 aromatic heterocycles. The Bertz CT molecular complexity index is 546. The van der Waals surface area contributed by atoms with Gasteiger partial charge >= 0.3 is 0 Å². The molecule has 0 amide bonds. The fourth-order valence-corrected chi connectivity index (χ4v) is 3.53. The Kier molecular flexibility index (Phi) is 4.51. The van der Waals surface area contributed by atoms with E-state index in [4.69, 9.17) is 0 Å². The second kappa shape index (κ2) is 6.54. The molecule has 0 bridgehead atoms. The fraction of sp³-hybridized carbons (Fsp3) is 0.500. The minimum Gasteiger partial charge on any atom is -0.341 e. The Labute approximate surface area is 130 Å². The molecule has 0 aliphatic carbocycles. The molecule has 4 nitrogen and oxygen atoms in total. The molecule has 0 spiro atoms. The van der Waals surface area contributed by atoms with Gasteiger partial charge in [-0.2, -0.15) is 0 Å². The lowest BCUT2D eigenvalue weighted by Crippen LogP contribution is -2.23. The Morgan fingerprint density at radius 2 is 2.00 bits per heavy atom. The normalized spacial score (nSPS) is 16.6. The molecule has 5 heteroatoms. The average molecular weight is 302 g/mol. The van der Waals surface area contributed by atoms with Crippen molar-refractivity contribution in [3.63, 3.8) is 0 Å². The highest BCUT2D eigenvalue weighted by Gasteiger charge is 2.16. The molecule has 112 valence electrons. The lowest BCUT2D eigenvalue weighted by molar-refractivity contribution is 0.256. The Morgan fingerprint density at radius 3 is 2.62 bits per heavy atom. The van der Waals surface area contributed by atoms with Crippen LogP contribution in [0.2, 0.25) is 0 Å². The van der Waals surface area contributed by atoms with Crippen molar-refractivity contribution < 1.29 is 0 Å². The molecular formula is C16H22N4S. The predicted molar refractivity (Wildman–Crippen MR) is 87.7 cm³/mol. The first-order valence-corrected chi connectivity index (χ1v) is 8.41. The van der Waals surface area contributed by atoms with Gasteiger partial charge in [-0.05, 0) is 38.3 Å². The number of anilines is 1. The molecule has 1 saturated heterocycles. The molecule has 1 aliphatic heterocycles. The summed E-state index contributed by atoms with van der Waals surface area (Å²) < 4.78 is 0. The van der Waals surface area contributed by atoms with Gasteiger partial charge < -0.3 is 4.90 Å². The summed E-state index contributed by atoms with van der Waals surface area (Å²) in [5.41, 5.74) is 1.17. The van der Waals surface area contributed by atoms with Crippen molar-refractivity contribution in [2.24, 2.45) is 0 Å². The molecule has 0 aromatic carbocycles. The summed E-state index contributed by atoms with van der Waals surface area (Å²) >= 11 is 1.81. The maximum atomic E-state index is 4.53. The molecule has 1 atom stereocenters. The largest absolute Gasteiger partial charge is 0.341 e. The lowest BCUT2D eigenvalue weighted by atomic mass is 10.2. The Hall–Kier alpha value is -1.46. The molecule has 21 heavy (non-hydrogen) atoms. The van der Waals surface area contributed by atoms with Crippen LogP contribution in [0.15, 0.2) is 29.9 Å². The number of nitrogens with zero attached hydrogens (tertiary/aromatic N) is 4. The molecule has 0 saturated carbocycles. The highest BCUT2D eigenvalue weighted by atomic mass is 32.1. The molecular weight excluding hydrogens is 280 g/mol. The third kappa shape index (κ3) is 3.41. The standard InChI is InChI=1S/C16H22N4S/c1-13(15-6-5-9-21-15)19(2)12-14-10-17-16(18-11-14)20-7-3-4-8-20/h5-6,9-11,13H,3-4,7-8,12H2,1-2H3/t13-/m0/s1. The van der Waals surface area contributed by atoms with Crippen LogP contribution in [-0.2, 0) is 6.54 Å². The first kappa shape index (κ1) is 14.5. The summed E-state index contributed by atoms with van der Waals surface area (Å²) in [4.78, 5) is 15.0. The maximum Gasteiger partial charge on any atom is 0.225 e. The molecule has 0 unspecified atom stereocenters. The second-order valence-electron chi connectivity index (χ2n) is 5.69. The topological polar surface area (TPSA) is 32.3 Å². The van der Waals surface area contributed by atoms with Crippen molar-refractivity contribution in [3.8, 4) is 0 Å². The van der Waals surface area contributed by atoms with Crippen molar-refractivity contribution in [1.82, 2.24) is 14.9 Å². The van der Waals surface area contributed by atoms with Crippen molar-refractivity contribution in [2.45, 2.75) is 32.4 Å². The summed E-state index contributed by atoms with van der Waals surface area (Å²) in [6.45, 7) is 5.30. The molecule has 3 rings (SSSR count). The third-order valence-corrected chi connectivity index (χ3v) is 5.17. The summed E-state index contributed by atoms with van der Waals surface area (Å²) in [6.07, 6.45) is 6.45. The second-order valence-corrected chi connectivity index (χ2v) is 6.67. The van der Waals surface area contributed by atoms with E-state index in [-0.39, 0.29) is 0 Å². The summed E-state index contributed by atoms with van der Waals surface area (Å²) in [7, 11) is 2.15. The smallest absolute Gasteiger partial charge is 0.225 e. The number of aromatic nitrogens is 2. The van der Waals surface area contributed by atoms with Crippen LogP contribution in [0, 0.1) is 0 Å². The zero-order valence-corrected chi connectivity index (χ0v) is 13.5. The number of thiophene rings is 1. The van der Waals surface area contributed by atoms with E-state index in [9.17, 15) is 0 Å². The van der Waals surface area contributed by atoms with Gasteiger partial charge in [-0.15, -0.1) is 11.3 Å². The van der Waals surface area contributed by atoms with E-state index < -0.39 is 0 Å². The number of hydrogen-bond donors (Lipinski definition) is 0. The minimum atomic E-state index is 0.420. The first-order valence-electron chi connectivity index (χ1n) is 7.53. The lowest BCUT2D eigenvalue weighted by Gasteiger charge is -2.23. The predicted octanol–water partition coefficient (Wildman–Crippen LogP) is 3.33. The van der Waals surface area contributed by atoms with Gasteiger partial charge in [0, 0.05) is 48.5 Å². The molecule has 2 aromatic rings. The van der Waals surface area contributed by atoms with Gasteiger partial charge in [-0.25, -0.2) is 9.97 Å². The molecule has 0 N–H and O–H groups in total. The summed E-state index contributed by atoms with van der Waals surface area (Å²) in [6, 6.07) is 4.72. The van der Waals surface area contributed by atoms with Crippen LogP contribution in [-0.4, -0.2) is 35.0 Å². The van der Waals surface area contributed by atoms with Crippen molar-refractivity contribution in [3.05, 3.63) is 40.3 Å². The van der Waals surface area contributed by atoms with Crippen LogP contribution < -0.4 is 4.90 Å². The molecule has 0 radical (unpaired) electrons. The van der Waals surface area contributed by atoms with Crippen LogP contribution in [0.1, 0.15) is 36.2 Å². The van der Waals surface area contributed by atoms with Crippen molar-refractivity contribution >= 4 is 17.3 Å². The van der Waals surface area contributed by atoms with Gasteiger partial charge in [0.15, 0.2) is 0 Å². The van der Waals surface area contributed by atoms with E-state index in [2.05, 4.69) is 51.3 Å². The average Bonchev–Trinajstić information content (AvgIpc) is 3.20. The zero-order valence-electron chi connectivity index (χ0n) is 12.7. The zero-order chi connectivity index (χ0) is 14.7. The number of hydrogen-bond acceptors (Lipinski definition) is 5. The highest BCUT2D eigenvalue weighted by Crippen LogP contribution is 2.24. The van der Waals surface area contributed by atoms with Crippen LogP contribution in [0.5, 0.6) is 0 Å². The van der Waals surface area contributed by atoms with Crippen molar-refractivity contribution in [1.29, 1.82) is 0 Å². The van der Waals surface area contributed by atoms with Crippen LogP contribution in [0.25, 0.3) is 0 Å². The van der Waals surface area contributed by atoms with Crippen molar-refractivity contribution in [2.75, 3.05) is 25.0 Å². The van der Waals surface area contributed by atoms with E-state index in [0.29, 0.717) is 6.04 Å². The maximum absolute atomic E-state index is 4.53. The van der Waals surface area contributed by atoms with E-state index in [1.807, 2.05) is 23.7 Å². The fourth-order valence-electron chi connectivity index (χ4n) is 2.68. The van der Waals surface area contributed by atoms with Gasteiger partial charge in [0.1, 0.15) is 0 Å². The number of rotatable bonds is 5. The van der Waals surface area contributed by atoms with E-state index in [1.54, 1.807) is 0 Å². The van der Waals surface area contributed by atoms with E-state index >= 15 is 0 Å². The van der Waals surface area contributed by atoms with Gasteiger partial charge in [-0.3, -0.25) is 4.90 Å². The molecule has 3 heterocycles. The summed E-state index contributed by atoms with van der Waals surface area (Å²) in [5, 5.41) is 2.13. The van der Waals surface area contributed by atoms with Crippen LogP contribution in [0.4, 0.5) is 5.95 Å². The van der Waals surface area contributed by atoms with E-state index in [0.717, 1.165) is 25.6 Å². The van der Waals surface area contributed by atoms with Gasteiger partial charge in [0.2, 0.25) is 5.95 Å². The quantitative estimate of drug-likeness (QED) is 0.848. The minimum absolute atomic E-state index is 0.420. The first-order chi connectivity index (χ1) is 10.2. The van der Waals surface area contributed by atoms with Gasteiger partial charge in [0.25, 0.3) is 0 Å². The Morgan fingerprint density at radius 1 is 1.29 bits per heavy atom.